The minimum Gasteiger partial charge on any atom is -0.382 e. The highest BCUT2D eigenvalue weighted by molar-refractivity contribution is 8.00. The number of pyridine rings is 1. The molecule has 1 aromatic heterocycles. The molecule has 3 rings (SSSR count). The van der Waals surface area contributed by atoms with Crippen molar-refractivity contribution in [2.45, 2.75) is 35.3 Å². The topological polar surface area (TPSA) is 68.0 Å². The number of hydrogen-bond donors (Lipinski definition) is 2. The van der Waals surface area contributed by atoms with Crippen molar-refractivity contribution in [1.82, 2.24) is 10.3 Å². The van der Waals surface area contributed by atoms with E-state index in [1.165, 1.54) is 23.9 Å². The van der Waals surface area contributed by atoms with Crippen molar-refractivity contribution in [3.8, 4) is 0 Å². The Morgan fingerprint density at radius 3 is 2.67 bits per heavy atom. The average molecular weight is 362 g/mol. The van der Waals surface area contributed by atoms with Gasteiger partial charge in [-0.15, -0.1) is 11.8 Å². The van der Waals surface area contributed by atoms with E-state index < -0.39 is 0 Å². The molecule has 1 heterocycles. The summed E-state index contributed by atoms with van der Waals surface area (Å²) >= 11 is 7.81. The van der Waals surface area contributed by atoms with Crippen molar-refractivity contribution >= 4 is 35.1 Å². The van der Waals surface area contributed by atoms with E-state index in [2.05, 4.69) is 22.4 Å². The third-order valence-corrected chi connectivity index (χ3v) is 6.09. The van der Waals surface area contributed by atoms with Gasteiger partial charge in [-0.3, -0.25) is 4.79 Å². The van der Waals surface area contributed by atoms with E-state index in [0.717, 1.165) is 12.8 Å². The monoisotopic (exact) mass is 361 g/mol. The van der Waals surface area contributed by atoms with Crippen LogP contribution in [0.4, 0.5) is 5.82 Å². The molecule has 126 valence electrons. The molecule has 1 aliphatic rings. The second kappa shape index (κ2) is 7.45. The molecule has 1 aliphatic carbocycles. The molecular weight excluding hydrogens is 342 g/mol. The Morgan fingerprint density at radius 1 is 1.29 bits per heavy atom. The van der Waals surface area contributed by atoms with Crippen molar-refractivity contribution in [3.05, 3.63) is 53.2 Å². The largest absolute Gasteiger partial charge is 0.382 e. The highest BCUT2D eigenvalue weighted by Crippen LogP contribution is 2.44. The van der Waals surface area contributed by atoms with Gasteiger partial charge in [0.25, 0.3) is 5.91 Å². The van der Waals surface area contributed by atoms with Crippen molar-refractivity contribution < 1.29 is 4.79 Å². The minimum absolute atomic E-state index is 0.0576. The summed E-state index contributed by atoms with van der Waals surface area (Å²) in [5.74, 6) is 0.0736. The number of anilines is 1. The summed E-state index contributed by atoms with van der Waals surface area (Å²) in [6.45, 7) is 0.632. The minimum atomic E-state index is -0.163. The molecule has 0 radical (unpaired) electrons. The molecule has 0 saturated heterocycles. The molecule has 3 N–H and O–H groups in total. The number of amides is 1. The Morgan fingerprint density at radius 2 is 2.00 bits per heavy atom. The summed E-state index contributed by atoms with van der Waals surface area (Å²) in [7, 11) is 0. The van der Waals surface area contributed by atoms with Crippen molar-refractivity contribution in [1.29, 1.82) is 0 Å². The predicted molar refractivity (Wildman–Crippen MR) is 99.5 cm³/mol. The van der Waals surface area contributed by atoms with Gasteiger partial charge in [0.05, 0.1) is 10.6 Å². The standard InChI is InChI=1S/C18H20ClN3OS/c19-15-10-13(11-21-16(15)20)17(23)22-12-18(8-4-5-9-18)24-14-6-2-1-3-7-14/h1-3,6-7,10-11H,4-5,8-9,12H2,(H2,20,21)(H,22,23). The number of nitrogens with zero attached hydrogens (tertiary/aromatic N) is 1. The molecule has 2 aromatic rings. The van der Waals surface area contributed by atoms with E-state index in [9.17, 15) is 4.79 Å². The third kappa shape index (κ3) is 4.02. The van der Waals surface area contributed by atoms with Crippen LogP contribution in [0.1, 0.15) is 36.0 Å². The number of nitrogens with two attached hydrogens (primary N) is 1. The van der Waals surface area contributed by atoms with Crippen LogP contribution in [0.15, 0.2) is 47.5 Å². The molecule has 1 aromatic carbocycles. The number of nitrogens with one attached hydrogen (secondary N) is 1. The van der Waals surface area contributed by atoms with Crippen LogP contribution in [-0.4, -0.2) is 22.2 Å². The van der Waals surface area contributed by atoms with Crippen molar-refractivity contribution in [3.63, 3.8) is 0 Å². The molecular formula is C18H20ClN3OS. The highest BCUT2D eigenvalue weighted by atomic mass is 35.5. The van der Waals surface area contributed by atoms with Crippen LogP contribution >= 0.6 is 23.4 Å². The lowest BCUT2D eigenvalue weighted by Gasteiger charge is -2.28. The fourth-order valence-electron chi connectivity index (χ4n) is 2.99. The molecule has 4 nitrogen and oxygen atoms in total. The number of rotatable bonds is 5. The van der Waals surface area contributed by atoms with Gasteiger partial charge < -0.3 is 11.1 Å². The van der Waals surface area contributed by atoms with Gasteiger partial charge in [0.15, 0.2) is 0 Å². The summed E-state index contributed by atoms with van der Waals surface area (Å²) in [6, 6.07) is 11.9. The third-order valence-electron chi connectivity index (χ3n) is 4.30. The van der Waals surface area contributed by atoms with Gasteiger partial charge >= 0.3 is 0 Å². The zero-order valence-corrected chi connectivity index (χ0v) is 14.9. The van der Waals surface area contributed by atoms with Crippen LogP contribution < -0.4 is 11.1 Å². The Hall–Kier alpha value is -1.72. The molecule has 0 bridgehead atoms. The van der Waals surface area contributed by atoms with Gasteiger partial charge in [0.2, 0.25) is 0 Å². The summed E-state index contributed by atoms with van der Waals surface area (Å²) in [5, 5.41) is 3.35. The molecule has 1 fully saturated rings. The van der Waals surface area contributed by atoms with Crippen LogP contribution in [0.5, 0.6) is 0 Å². The number of benzene rings is 1. The van der Waals surface area contributed by atoms with Gasteiger partial charge in [-0.2, -0.15) is 0 Å². The van der Waals surface area contributed by atoms with Crippen LogP contribution in [-0.2, 0) is 0 Å². The molecule has 1 saturated carbocycles. The maximum absolute atomic E-state index is 12.4. The number of hydrogen-bond acceptors (Lipinski definition) is 4. The Kier molecular flexibility index (Phi) is 5.31. The van der Waals surface area contributed by atoms with E-state index >= 15 is 0 Å². The van der Waals surface area contributed by atoms with Gasteiger partial charge in [-0.05, 0) is 31.0 Å². The number of aromatic nitrogens is 1. The van der Waals surface area contributed by atoms with E-state index in [4.69, 9.17) is 17.3 Å². The number of nitrogen functional groups attached to an aromatic ring is 1. The van der Waals surface area contributed by atoms with Crippen molar-refractivity contribution in [2.75, 3.05) is 12.3 Å². The SMILES string of the molecule is Nc1ncc(C(=O)NCC2(Sc3ccccc3)CCCC2)cc1Cl. The van der Waals surface area contributed by atoms with Gasteiger partial charge in [0, 0.05) is 22.4 Å². The molecule has 0 atom stereocenters. The lowest BCUT2D eigenvalue weighted by Crippen LogP contribution is -2.38. The van der Waals surface area contributed by atoms with Crippen LogP contribution in [0, 0.1) is 0 Å². The first kappa shape index (κ1) is 17.1. The zero-order valence-electron chi connectivity index (χ0n) is 13.3. The Bertz CT molecular complexity index is 717. The maximum Gasteiger partial charge on any atom is 0.252 e. The first-order chi connectivity index (χ1) is 11.6. The number of thioether (sulfide) groups is 1. The first-order valence-corrected chi connectivity index (χ1v) is 9.21. The van der Waals surface area contributed by atoms with E-state index in [1.807, 2.05) is 30.0 Å². The zero-order chi connectivity index (χ0) is 17.0. The normalized spacial score (nSPS) is 16.0. The number of carbonyl (C=O) groups excluding carboxylic acids is 1. The summed E-state index contributed by atoms with van der Waals surface area (Å²) in [5.41, 5.74) is 6.03. The second-order valence-corrected chi connectivity index (χ2v) is 8.03. The van der Waals surface area contributed by atoms with Crippen LogP contribution in [0.3, 0.4) is 0 Å². The quantitative estimate of drug-likeness (QED) is 0.839. The molecule has 0 aliphatic heterocycles. The molecule has 1 amide bonds. The summed E-state index contributed by atoms with van der Waals surface area (Å²) in [4.78, 5) is 17.6. The molecule has 6 heteroatoms. The molecule has 0 spiro atoms. The van der Waals surface area contributed by atoms with Crippen LogP contribution in [0.25, 0.3) is 0 Å². The summed E-state index contributed by atoms with van der Waals surface area (Å²) in [6.07, 6.45) is 6.07. The van der Waals surface area contributed by atoms with Gasteiger partial charge in [-0.1, -0.05) is 42.6 Å². The lowest BCUT2D eigenvalue weighted by atomic mass is 10.1. The smallest absolute Gasteiger partial charge is 0.252 e. The molecule has 24 heavy (non-hydrogen) atoms. The van der Waals surface area contributed by atoms with E-state index in [1.54, 1.807) is 6.07 Å². The fourth-order valence-corrected chi connectivity index (χ4v) is 4.59. The van der Waals surface area contributed by atoms with E-state index in [-0.39, 0.29) is 16.5 Å². The lowest BCUT2D eigenvalue weighted by molar-refractivity contribution is 0.0949. The molecule has 0 unspecified atom stereocenters. The van der Waals surface area contributed by atoms with Gasteiger partial charge in [0.1, 0.15) is 5.82 Å². The second-order valence-electron chi connectivity index (χ2n) is 6.08. The fraction of sp³-hybridized carbons (Fsp3) is 0.333. The van der Waals surface area contributed by atoms with Crippen LogP contribution in [0.2, 0.25) is 5.02 Å². The summed E-state index contributed by atoms with van der Waals surface area (Å²) < 4.78 is 0.0576. The highest BCUT2D eigenvalue weighted by Gasteiger charge is 2.35. The predicted octanol–water partition coefficient (Wildman–Crippen LogP) is 4.15. The van der Waals surface area contributed by atoms with Gasteiger partial charge in [-0.25, -0.2) is 4.98 Å². The Balaban J connectivity index is 1.67. The number of halogens is 1. The first-order valence-electron chi connectivity index (χ1n) is 8.01. The van der Waals surface area contributed by atoms with E-state index in [0.29, 0.717) is 17.1 Å². The van der Waals surface area contributed by atoms with Crippen molar-refractivity contribution in [2.24, 2.45) is 0 Å². The number of carbonyl (C=O) groups is 1. The maximum atomic E-state index is 12.4. The average Bonchev–Trinajstić information content (AvgIpc) is 3.05. The Labute approximate surface area is 151 Å².